The molecule has 6 heterocycles. The first-order chi connectivity index (χ1) is 29.1. The zero-order chi connectivity index (χ0) is 43.9. The minimum absolute atomic E-state index is 0.0328. The second kappa shape index (κ2) is 18.2. The van der Waals surface area contributed by atoms with Crippen LogP contribution in [0.1, 0.15) is 89.6 Å². The fraction of sp³-hybridized carbons (Fsp3) is 0.614. The maximum atomic E-state index is 14.5. The Bertz CT molecular complexity index is 2140. The zero-order valence-electron chi connectivity index (χ0n) is 36.9. The maximum Gasteiger partial charge on any atom is 0.320 e. The molecule has 4 amide bonds. The topological polar surface area (TPSA) is 190 Å². The molecule has 16 nitrogen and oxygen atoms in total. The van der Waals surface area contributed by atoms with Crippen LogP contribution in [-0.2, 0) is 30.3 Å². The van der Waals surface area contributed by atoms with Gasteiger partial charge in [-0.05, 0) is 66.7 Å². The predicted octanol–water partition coefficient (Wildman–Crippen LogP) is 4.43. The average molecular weight is 862 g/mol. The van der Waals surface area contributed by atoms with Gasteiger partial charge in [-0.3, -0.25) is 19.6 Å². The fourth-order valence-corrected chi connectivity index (χ4v) is 10.3. The van der Waals surface area contributed by atoms with E-state index in [-0.39, 0.29) is 48.2 Å². The summed E-state index contributed by atoms with van der Waals surface area (Å²) in [6.07, 6.45) is 3.29. The van der Waals surface area contributed by atoms with Gasteiger partial charge in [-0.1, -0.05) is 34.6 Å². The van der Waals surface area contributed by atoms with Crippen molar-refractivity contribution < 1.29 is 33.7 Å². The lowest BCUT2D eigenvalue weighted by Crippen LogP contribution is -2.64. The van der Waals surface area contributed by atoms with E-state index in [0.29, 0.717) is 44.7 Å². The summed E-state index contributed by atoms with van der Waals surface area (Å²) in [5.74, 6) is -1.29. The number of likely N-dealkylation sites (N-methyl/N-ethyl adjacent to an activating group) is 1. The first kappa shape index (κ1) is 44.8. The molecule has 61 heavy (non-hydrogen) atoms. The number of carbonyl (C=O) groups excluding carboxylic acids is 3. The third kappa shape index (κ3) is 8.61. The number of likely N-dealkylation sites (tertiary alicyclic amines) is 1. The number of aliphatic hydroxyl groups is 1. The lowest BCUT2D eigenvalue weighted by molar-refractivity contribution is -0.168. The molecule has 7 rings (SSSR count). The Labute approximate surface area is 362 Å². The summed E-state index contributed by atoms with van der Waals surface area (Å²) in [6.45, 7) is 14.2. The molecule has 2 saturated heterocycles. The average Bonchev–Trinajstić information content (AvgIpc) is 3.56. The number of rotatable bonds is 7. The molecule has 5 N–H and O–H groups in total. The van der Waals surface area contributed by atoms with Gasteiger partial charge < -0.3 is 44.7 Å². The standard InChI is InChI=1S/C44H63N9O7S/c1-10-52-37-28-13-11-15-46-35(28)38(59-9)34-33(37)29-18-26(19-47-39(29)52)30(45)22-61-25(4)17-32(41(55)53-16-12-14-31(49-53)42(56)60-23-44(34,5)6)48-40(54)36(24(2)3)50(7)43(57)51-20-27(21-51)58-8/h11,13,15,18-19,22,24-25,27,31-32,34,36,38,42,49,56H,10,12,14,16-17,20-21,23,45H2,1-9H3,(H,48,54)/b30-22-/t25?,31-,32-,34?,36-,38-,42?/m0/s1. The highest BCUT2D eigenvalue weighted by atomic mass is 32.2. The number of hydrogen-bond donors (Lipinski definition) is 4. The van der Waals surface area contributed by atoms with Crippen LogP contribution < -0.4 is 16.5 Å². The van der Waals surface area contributed by atoms with Gasteiger partial charge in [0.1, 0.15) is 23.8 Å². The summed E-state index contributed by atoms with van der Waals surface area (Å²) in [5.41, 5.74) is 15.5. The van der Waals surface area contributed by atoms with E-state index in [1.54, 1.807) is 38.6 Å². The number of nitrogens with two attached hydrogens (primary N) is 1. The molecule has 4 bridgehead atoms. The molecule has 0 saturated carbocycles. The van der Waals surface area contributed by atoms with Gasteiger partial charge in [0, 0.05) is 80.1 Å². The van der Waals surface area contributed by atoms with Crippen LogP contribution >= 0.6 is 11.8 Å². The van der Waals surface area contributed by atoms with Crippen LogP contribution in [0.25, 0.3) is 28.0 Å². The van der Waals surface area contributed by atoms with Gasteiger partial charge >= 0.3 is 6.03 Å². The molecule has 1 aliphatic carbocycles. The van der Waals surface area contributed by atoms with Crippen molar-refractivity contribution in [2.75, 3.05) is 47.5 Å². The summed E-state index contributed by atoms with van der Waals surface area (Å²) in [4.78, 5) is 55.2. The molecule has 2 fully saturated rings. The Kier molecular flexibility index (Phi) is 13.4. The number of ether oxygens (including phenoxy) is 3. The summed E-state index contributed by atoms with van der Waals surface area (Å²) in [6, 6.07) is 3.45. The van der Waals surface area contributed by atoms with Crippen LogP contribution in [0.4, 0.5) is 4.79 Å². The first-order valence-corrected chi connectivity index (χ1v) is 22.4. The van der Waals surface area contributed by atoms with Crippen LogP contribution in [-0.4, -0.2) is 136 Å². The zero-order valence-corrected chi connectivity index (χ0v) is 37.7. The summed E-state index contributed by atoms with van der Waals surface area (Å²) in [7, 11) is 4.94. The molecule has 3 aromatic heterocycles. The summed E-state index contributed by atoms with van der Waals surface area (Å²) < 4.78 is 20.3. The van der Waals surface area contributed by atoms with Gasteiger partial charge in [0.2, 0.25) is 5.91 Å². The normalized spacial score (nSPS) is 27.3. The molecule has 3 aromatic rings. The first-order valence-electron chi connectivity index (χ1n) is 21.4. The number of carbonyl (C=O) groups is 3. The van der Waals surface area contributed by atoms with Crippen molar-refractivity contribution in [1.29, 1.82) is 0 Å². The third-order valence-corrected chi connectivity index (χ3v) is 13.8. The highest BCUT2D eigenvalue weighted by Gasteiger charge is 2.48. The highest BCUT2D eigenvalue weighted by Crippen LogP contribution is 2.56. The molecule has 17 heteroatoms. The number of amides is 4. The van der Waals surface area contributed by atoms with E-state index < -0.39 is 41.8 Å². The van der Waals surface area contributed by atoms with Crippen LogP contribution in [0.5, 0.6) is 0 Å². The molecule has 0 spiro atoms. The minimum Gasteiger partial charge on any atom is -0.398 e. The molecular formula is C44H63N9O7S. The van der Waals surface area contributed by atoms with Crippen LogP contribution in [0.3, 0.4) is 0 Å². The van der Waals surface area contributed by atoms with Gasteiger partial charge in [0.25, 0.3) is 5.91 Å². The quantitative estimate of drug-likeness (QED) is 0.262. The molecule has 0 radical (unpaired) electrons. The number of methoxy groups -OCH3 is 2. The van der Waals surface area contributed by atoms with Crippen molar-refractivity contribution in [3.63, 3.8) is 0 Å². The number of hydrazine groups is 1. The van der Waals surface area contributed by atoms with Crippen LogP contribution in [0.2, 0.25) is 0 Å². The lowest BCUT2D eigenvalue weighted by atomic mass is 9.67. The van der Waals surface area contributed by atoms with Gasteiger partial charge in [-0.2, -0.15) is 0 Å². The smallest absolute Gasteiger partial charge is 0.320 e. The van der Waals surface area contributed by atoms with E-state index in [4.69, 9.17) is 29.9 Å². The van der Waals surface area contributed by atoms with Gasteiger partial charge in [0.15, 0.2) is 6.29 Å². The maximum absolute atomic E-state index is 14.5. The van der Waals surface area contributed by atoms with Gasteiger partial charge in [-0.25, -0.2) is 15.2 Å². The Morgan fingerprint density at radius 2 is 1.97 bits per heavy atom. The van der Waals surface area contributed by atoms with Crippen LogP contribution in [0, 0.1) is 11.3 Å². The second-order valence-electron chi connectivity index (χ2n) is 17.9. The third-order valence-electron chi connectivity index (χ3n) is 12.8. The van der Waals surface area contributed by atoms with Crippen molar-refractivity contribution in [2.24, 2.45) is 17.1 Å². The monoisotopic (exact) mass is 861 g/mol. The van der Waals surface area contributed by atoms with Crippen molar-refractivity contribution >= 4 is 46.3 Å². The summed E-state index contributed by atoms with van der Waals surface area (Å²) in [5, 5.41) is 18.9. The number of aryl methyl sites for hydroxylation is 1. The largest absolute Gasteiger partial charge is 0.398 e. The number of aromatic nitrogens is 3. The van der Waals surface area contributed by atoms with E-state index in [0.717, 1.165) is 39.1 Å². The summed E-state index contributed by atoms with van der Waals surface area (Å²) >= 11 is 1.47. The van der Waals surface area contributed by atoms with Crippen molar-refractivity contribution in [3.05, 3.63) is 52.8 Å². The van der Waals surface area contributed by atoms with E-state index in [1.165, 1.54) is 21.7 Å². The van der Waals surface area contributed by atoms with E-state index in [2.05, 4.69) is 48.2 Å². The second-order valence-corrected chi connectivity index (χ2v) is 19.2. The Hall–Kier alpha value is -4.26. The van der Waals surface area contributed by atoms with E-state index >= 15 is 0 Å². The van der Waals surface area contributed by atoms with E-state index in [9.17, 15) is 19.5 Å². The van der Waals surface area contributed by atoms with Gasteiger partial charge in [-0.15, -0.1) is 11.8 Å². The van der Waals surface area contributed by atoms with Crippen LogP contribution in [0.15, 0.2) is 36.0 Å². The highest BCUT2D eigenvalue weighted by molar-refractivity contribution is 8.02. The number of hydrogen-bond acceptors (Lipinski definition) is 12. The molecule has 4 aliphatic rings. The minimum atomic E-state index is -1.26. The molecule has 7 atom stereocenters. The number of fused-ring (bicyclic) bond motifs is 5. The SMILES string of the molecule is CCn1c2c3c4cc(cnc41)/C(N)=C/SC(C)C[C@H](NC(=O)[C@H](C(C)C)N(C)C(=O)N1CC(OC)C1)C(=O)N1CCC[C@H](N1)C(O)OCC(C)(C)C3[C@H](OC)c1ncccc1-2. The number of nitrogens with one attached hydrogen (secondary N) is 2. The molecule has 3 unspecified atom stereocenters. The number of thioether (sulfide) groups is 1. The number of urea groups is 1. The number of pyridine rings is 2. The molecule has 332 valence electrons. The molecular weight excluding hydrogens is 799 g/mol. The molecule has 0 aromatic carbocycles. The van der Waals surface area contributed by atoms with Crippen molar-refractivity contribution in [1.82, 2.24) is 40.1 Å². The predicted molar refractivity (Wildman–Crippen MR) is 235 cm³/mol. The Balaban J connectivity index is 1.25. The molecule has 3 aliphatic heterocycles. The Morgan fingerprint density at radius 3 is 2.66 bits per heavy atom. The van der Waals surface area contributed by atoms with E-state index in [1.807, 2.05) is 32.2 Å². The van der Waals surface area contributed by atoms with Gasteiger partial charge in [0.05, 0.1) is 43.2 Å². The Morgan fingerprint density at radius 1 is 1.21 bits per heavy atom. The number of aliphatic hydroxyl groups excluding tert-OH is 1. The lowest BCUT2D eigenvalue weighted by Gasteiger charge is -2.43. The van der Waals surface area contributed by atoms with Crippen molar-refractivity contribution in [3.8, 4) is 11.3 Å². The fourth-order valence-electron chi connectivity index (χ4n) is 9.53. The number of nitrogens with zero attached hydrogens (tertiary/aromatic N) is 6. The van der Waals surface area contributed by atoms with Crippen molar-refractivity contribution in [2.45, 2.75) is 115 Å².